The van der Waals surface area contributed by atoms with Gasteiger partial charge in [-0.1, -0.05) is 42.6 Å². The molecule has 0 unspecified atom stereocenters. The molecule has 1 saturated carbocycles. The first kappa shape index (κ1) is 12.5. The Kier molecular flexibility index (Phi) is 4.92. The lowest BCUT2D eigenvalue weighted by Crippen LogP contribution is -2.36. The average Bonchev–Trinajstić information content (AvgIpc) is 2.52. The molecule has 0 aromatic heterocycles. The van der Waals surface area contributed by atoms with Crippen LogP contribution >= 0.6 is 15.9 Å². The third kappa shape index (κ3) is 3.54. The van der Waals surface area contributed by atoms with Crippen molar-refractivity contribution in [2.24, 2.45) is 11.3 Å². The van der Waals surface area contributed by atoms with E-state index in [1.165, 1.54) is 44.1 Å². The topological polar surface area (TPSA) is 3.24 Å². The van der Waals surface area contributed by atoms with E-state index in [2.05, 4.69) is 41.7 Å². The zero-order valence-corrected chi connectivity index (χ0v) is 11.4. The molecular formula is C12H24BrN. The van der Waals surface area contributed by atoms with Crippen molar-refractivity contribution >= 4 is 15.9 Å². The van der Waals surface area contributed by atoms with E-state index < -0.39 is 0 Å². The monoisotopic (exact) mass is 261 g/mol. The van der Waals surface area contributed by atoms with Gasteiger partial charge in [-0.05, 0) is 31.2 Å². The second kappa shape index (κ2) is 5.50. The van der Waals surface area contributed by atoms with Gasteiger partial charge in [0.05, 0.1) is 0 Å². The molecule has 0 aromatic carbocycles. The molecule has 1 rings (SSSR count). The Hall–Kier alpha value is 0.440. The molecule has 1 fully saturated rings. The molecule has 0 atom stereocenters. The first-order valence-corrected chi connectivity index (χ1v) is 6.95. The highest BCUT2D eigenvalue weighted by Crippen LogP contribution is 2.40. The SMILES string of the molecule is CC(C)CN(C)CC1(CBr)CCCC1. The molecule has 0 spiro atoms. The van der Waals surface area contributed by atoms with Gasteiger partial charge in [-0.15, -0.1) is 0 Å². The zero-order chi connectivity index (χ0) is 10.6. The van der Waals surface area contributed by atoms with Crippen molar-refractivity contribution in [3.63, 3.8) is 0 Å². The fourth-order valence-electron chi connectivity index (χ4n) is 2.72. The van der Waals surface area contributed by atoms with Crippen molar-refractivity contribution in [1.82, 2.24) is 4.90 Å². The van der Waals surface area contributed by atoms with Crippen molar-refractivity contribution in [1.29, 1.82) is 0 Å². The van der Waals surface area contributed by atoms with Gasteiger partial charge in [0.1, 0.15) is 0 Å². The highest BCUT2D eigenvalue weighted by molar-refractivity contribution is 9.09. The Labute approximate surface area is 97.4 Å². The molecule has 0 bridgehead atoms. The van der Waals surface area contributed by atoms with Crippen LogP contribution in [-0.4, -0.2) is 30.4 Å². The van der Waals surface area contributed by atoms with Crippen LogP contribution in [0.3, 0.4) is 0 Å². The van der Waals surface area contributed by atoms with Crippen molar-refractivity contribution < 1.29 is 0 Å². The third-order valence-corrected chi connectivity index (χ3v) is 4.42. The summed E-state index contributed by atoms with van der Waals surface area (Å²) in [5.74, 6) is 0.786. The molecular weight excluding hydrogens is 238 g/mol. The molecule has 14 heavy (non-hydrogen) atoms. The Morgan fingerprint density at radius 3 is 2.29 bits per heavy atom. The predicted molar refractivity (Wildman–Crippen MR) is 67.0 cm³/mol. The van der Waals surface area contributed by atoms with Gasteiger partial charge in [-0.2, -0.15) is 0 Å². The van der Waals surface area contributed by atoms with Gasteiger partial charge in [0.2, 0.25) is 0 Å². The Balaban J connectivity index is 2.39. The normalized spacial score (nSPS) is 21.0. The minimum Gasteiger partial charge on any atom is -0.306 e. The number of halogens is 1. The minimum atomic E-state index is 0.587. The van der Waals surface area contributed by atoms with Gasteiger partial charge in [0, 0.05) is 18.4 Å². The van der Waals surface area contributed by atoms with E-state index >= 15 is 0 Å². The van der Waals surface area contributed by atoms with Crippen LogP contribution in [0.15, 0.2) is 0 Å². The van der Waals surface area contributed by atoms with Gasteiger partial charge in [0.25, 0.3) is 0 Å². The molecule has 84 valence electrons. The van der Waals surface area contributed by atoms with Crippen LogP contribution in [0.25, 0.3) is 0 Å². The molecule has 0 N–H and O–H groups in total. The van der Waals surface area contributed by atoms with Crippen LogP contribution < -0.4 is 0 Å². The van der Waals surface area contributed by atoms with Crippen molar-refractivity contribution in [3.05, 3.63) is 0 Å². The van der Waals surface area contributed by atoms with E-state index in [1.807, 2.05) is 0 Å². The maximum atomic E-state index is 3.70. The summed E-state index contributed by atoms with van der Waals surface area (Å²) < 4.78 is 0. The second-order valence-electron chi connectivity index (χ2n) is 5.43. The maximum Gasteiger partial charge on any atom is 0.0100 e. The summed E-state index contributed by atoms with van der Waals surface area (Å²) >= 11 is 3.70. The number of nitrogens with zero attached hydrogens (tertiary/aromatic N) is 1. The van der Waals surface area contributed by atoms with Crippen LogP contribution in [0, 0.1) is 11.3 Å². The summed E-state index contributed by atoms with van der Waals surface area (Å²) in [6, 6.07) is 0. The van der Waals surface area contributed by atoms with Crippen molar-refractivity contribution in [2.75, 3.05) is 25.5 Å². The van der Waals surface area contributed by atoms with Crippen molar-refractivity contribution in [3.8, 4) is 0 Å². The molecule has 0 aliphatic heterocycles. The van der Waals surface area contributed by atoms with E-state index in [0.29, 0.717) is 5.41 Å². The number of hydrogen-bond acceptors (Lipinski definition) is 1. The molecule has 0 saturated heterocycles. The van der Waals surface area contributed by atoms with Crippen LogP contribution in [-0.2, 0) is 0 Å². The highest BCUT2D eigenvalue weighted by atomic mass is 79.9. The molecule has 1 aliphatic carbocycles. The first-order chi connectivity index (χ1) is 6.58. The molecule has 0 radical (unpaired) electrons. The van der Waals surface area contributed by atoms with Gasteiger partial charge in [-0.3, -0.25) is 0 Å². The largest absolute Gasteiger partial charge is 0.306 e. The van der Waals surface area contributed by atoms with Gasteiger partial charge < -0.3 is 4.90 Å². The van der Waals surface area contributed by atoms with Crippen LogP contribution in [0.5, 0.6) is 0 Å². The van der Waals surface area contributed by atoms with E-state index in [0.717, 1.165) is 5.92 Å². The van der Waals surface area contributed by atoms with E-state index in [-0.39, 0.29) is 0 Å². The lowest BCUT2D eigenvalue weighted by atomic mass is 9.88. The average molecular weight is 262 g/mol. The summed E-state index contributed by atoms with van der Waals surface area (Å²) in [4.78, 5) is 2.51. The number of alkyl halides is 1. The van der Waals surface area contributed by atoms with Gasteiger partial charge in [0.15, 0.2) is 0 Å². The Morgan fingerprint density at radius 1 is 1.29 bits per heavy atom. The number of rotatable bonds is 5. The molecule has 2 heteroatoms. The molecule has 0 heterocycles. The van der Waals surface area contributed by atoms with E-state index in [9.17, 15) is 0 Å². The summed E-state index contributed by atoms with van der Waals surface area (Å²) in [5.41, 5.74) is 0.587. The lowest BCUT2D eigenvalue weighted by molar-refractivity contribution is 0.187. The summed E-state index contributed by atoms with van der Waals surface area (Å²) in [6.45, 7) is 7.10. The summed E-state index contributed by atoms with van der Waals surface area (Å²) in [5, 5.41) is 1.18. The predicted octanol–water partition coefficient (Wildman–Crippen LogP) is 3.53. The number of hydrogen-bond donors (Lipinski definition) is 0. The molecule has 1 nitrogen and oxygen atoms in total. The molecule has 0 amide bonds. The van der Waals surface area contributed by atoms with E-state index in [4.69, 9.17) is 0 Å². The summed E-state index contributed by atoms with van der Waals surface area (Å²) in [6.07, 6.45) is 5.70. The Bertz CT molecular complexity index is 162. The van der Waals surface area contributed by atoms with E-state index in [1.54, 1.807) is 0 Å². The zero-order valence-electron chi connectivity index (χ0n) is 9.85. The van der Waals surface area contributed by atoms with Crippen LogP contribution in [0.2, 0.25) is 0 Å². The fraction of sp³-hybridized carbons (Fsp3) is 1.00. The minimum absolute atomic E-state index is 0.587. The smallest absolute Gasteiger partial charge is 0.0100 e. The third-order valence-electron chi connectivity index (χ3n) is 3.23. The summed E-state index contributed by atoms with van der Waals surface area (Å²) in [7, 11) is 2.27. The van der Waals surface area contributed by atoms with Crippen LogP contribution in [0.4, 0.5) is 0 Å². The lowest BCUT2D eigenvalue weighted by Gasteiger charge is -2.32. The van der Waals surface area contributed by atoms with Gasteiger partial charge >= 0.3 is 0 Å². The fourth-order valence-corrected chi connectivity index (χ4v) is 3.46. The highest BCUT2D eigenvalue weighted by Gasteiger charge is 2.33. The Morgan fingerprint density at radius 2 is 1.86 bits per heavy atom. The first-order valence-electron chi connectivity index (χ1n) is 5.82. The van der Waals surface area contributed by atoms with Crippen LogP contribution in [0.1, 0.15) is 39.5 Å². The quantitative estimate of drug-likeness (QED) is 0.685. The maximum absolute atomic E-state index is 3.70. The molecule has 1 aliphatic rings. The van der Waals surface area contributed by atoms with Crippen molar-refractivity contribution in [2.45, 2.75) is 39.5 Å². The standard InChI is InChI=1S/C12H24BrN/c1-11(2)8-14(3)10-12(9-13)6-4-5-7-12/h11H,4-10H2,1-3H3. The second-order valence-corrected chi connectivity index (χ2v) is 5.99. The van der Waals surface area contributed by atoms with Gasteiger partial charge in [-0.25, -0.2) is 0 Å². The molecule has 0 aromatic rings.